The summed E-state index contributed by atoms with van der Waals surface area (Å²) in [6.07, 6.45) is -1.55. The van der Waals surface area contributed by atoms with Crippen molar-refractivity contribution in [2.75, 3.05) is 6.54 Å². The molecular weight excluding hydrogens is 410 g/mol. The molecule has 1 aliphatic heterocycles. The van der Waals surface area contributed by atoms with Crippen LogP contribution in [0, 0.1) is 0 Å². The van der Waals surface area contributed by atoms with Crippen molar-refractivity contribution in [3.8, 4) is 0 Å². The number of carbonyl (C=O) groups is 1. The van der Waals surface area contributed by atoms with E-state index in [0.29, 0.717) is 43.5 Å². The van der Waals surface area contributed by atoms with Gasteiger partial charge in [-0.15, -0.1) is 0 Å². The minimum Gasteiger partial charge on any atom is -0.374 e. The van der Waals surface area contributed by atoms with Crippen molar-refractivity contribution in [1.29, 1.82) is 0 Å². The number of aliphatic hydroxyl groups is 1. The zero-order chi connectivity index (χ0) is 22.8. The Kier molecular flexibility index (Phi) is 6.74. The van der Waals surface area contributed by atoms with Crippen LogP contribution in [0.15, 0.2) is 65.4 Å². The Balaban J connectivity index is 1.95. The molecule has 0 saturated carbocycles. The monoisotopic (exact) mass is 437 g/mol. The van der Waals surface area contributed by atoms with Crippen molar-refractivity contribution < 1.29 is 27.5 Å². The average molecular weight is 437 g/mol. The van der Waals surface area contributed by atoms with E-state index in [9.17, 15) is 27.5 Å². The number of carbonyl (C=O) groups excluding carboxylic acids is 1. The molecule has 1 saturated heterocycles. The van der Waals surface area contributed by atoms with Crippen molar-refractivity contribution in [3.63, 3.8) is 0 Å². The first-order valence-corrected chi connectivity index (χ1v) is 10.5. The van der Waals surface area contributed by atoms with E-state index in [1.165, 1.54) is 6.08 Å². The molecule has 31 heavy (non-hydrogen) atoms. The molecule has 0 aromatic heterocycles. The largest absolute Gasteiger partial charge is 0.424 e. The maximum Gasteiger partial charge on any atom is 0.424 e. The summed E-state index contributed by atoms with van der Waals surface area (Å²) in [5.41, 5.74) is -2.11. The lowest BCUT2D eigenvalue weighted by atomic mass is 9.76. The fourth-order valence-electron chi connectivity index (χ4n) is 4.28. The molecule has 1 amide bonds. The molecule has 168 valence electrons. The summed E-state index contributed by atoms with van der Waals surface area (Å²) in [5, 5.41) is 9.97. The second kappa shape index (κ2) is 8.99. The smallest absolute Gasteiger partial charge is 0.374 e. The van der Waals surface area contributed by atoms with E-state index in [4.69, 9.17) is 0 Å². The van der Waals surface area contributed by atoms with Crippen LogP contribution >= 0.6 is 0 Å². The highest BCUT2D eigenvalue weighted by atomic mass is 19.4. The SMILES string of the molecule is C/C=C1\C(=C/C2=CC(F)C2(O)C(F)(F)F)CCCCN1C(=O)[C@@H](CC)c1ccccc1. The molecule has 1 aromatic carbocycles. The van der Waals surface area contributed by atoms with Gasteiger partial charge in [-0.2, -0.15) is 13.2 Å². The van der Waals surface area contributed by atoms with Crippen LogP contribution in [0.25, 0.3) is 0 Å². The van der Waals surface area contributed by atoms with Crippen molar-refractivity contribution in [3.05, 3.63) is 71.0 Å². The van der Waals surface area contributed by atoms with Gasteiger partial charge in [-0.25, -0.2) is 4.39 Å². The zero-order valence-electron chi connectivity index (χ0n) is 17.6. The number of rotatable bonds is 4. The highest BCUT2D eigenvalue weighted by Crippen LogP contribution is 2.48. The van der Waals surface area contributed by atoms with Crippen LogP contribution in [0.1, 0.15) is 51.0 Å². The van der Waals surface area contributed by atoms with Crippen LogP contribution in [0.2, 0.25) is 0 Å². The van der Waals surface area contributed by atoms with Crippen molar-refractivity contribution in [2.24, 2.45) is 0 Å². The van der Waals surface area contributed by atoms with E-state index in [-0.39, 0.29) is 11.8 Å². The van der Waals surface area contributed by atoms with E-state index in [0.717, 1.165) is 11.6 Å². The number of hydrogen-bond donors (Lipinski definition) is 1. The fourth-order valence-corrected chi connectivity index (χ4v) is 4.28. The van der Waals surface area contributed by atoms with Gasteiger partial charge in [0, 0.05) is 12.2 Å². The molecular formula is C24H27F4NO2. The molecule has 1 heterocycles. The Bertz CT molecular complexity index is 904. The minimum absolute atomic E-state index is 0.119. The summed E-state index contributed by atoms with van der Waals surface area (Å²) in [5.74, 6) is -0.493. The maximum atomic E-state index is 13.7. The van der Waals surface area contributed by atoms with Crippen LogP contribution in [-0.2, 0) is 4.79 Å². The predicted octanol–water partition coefficient (Wildman–Crippen LogP) is 5.59. The van der Waals surface area contributed by atoms with Gasteiger partial charge in [0.25, 0.3) is 0 Å². The van der Waals surface area contributed by atoms with Gasteiger partial charge >= 0.3 is 6.18 Å². The van der Waals surface area contributed by atoms with Gasteiger partial charge in [0.1, 0.15) is 0 Å². The third kappa shape index (κ3) is 4.20. The molecule has 3 nitrogen and oxygen atoms in total. The highest BCUT2D eigenvalue weighted by molar-refractivity contribution is 5.86. The Morgan fingerprint density at radius 1 is 1.29 bits per heavy atom. The number of allylic oxidation sites excluding steroid dienone is 2. The molecule has 2 aliphatic rings. The van der Waals surface area contributed by atoms with Crippen LogP contribution in [-0.4, -0.2) is 40.4 Å². The van der Waals surface area contributed by atoms with Crippen molar-refractivity contribution in [1.82, 2.24) is 4.90 Å². The first kappa shape index (κ1) is 23.3. The van der Waals surface area contributed by atoms with Crippen LogP contribution in [0.5, 0.6) is 0 Å². The molecule has 1 fully saturated rings. The summed E-state index contributed by atoms with van der Waals surface area (Å²) in [7, 11) is 0. The molecule has 0 radical (unpaired) electrons. The molecule has 1 N–H and O–H groups in total. The van der Waals surface area contributed by atoms with Gasteiger partial charge in [-0.05, 0) is 55.4 Å². The van der Waals surface area contributed by atoms with Gasteiger partial charge in [0.2, 0.25) is 11.5 Å². The van der Waals surface area contributed by atoms with E-state index in [1.807, 2.05) is 37.3 Å². The molecule has 0 bridgehead atoms. The number of nitrogens with zero attached hydrogens (tertiary/aromatic N) is 1. The fraction of sp³-hybridized carbons (Fsp3) is 0.458. The van der Waals surface area contributed by atoms with Crippen LogP contribution in [0.3, 0.4) is 0 Å². The quantitative estimate of drug-likeness (QED) is 0.624. The third-order valence-corrected chi connectivity index (χ3v) is 6.07. The number of halogens is 4. The van der Waals surface area contributed by atoms with E-state index < -0.39 is 23.5 Å². The number of benzene rings is 1. The molecule has 1 aromatic rings. The lowest BCUT2D eigenvalue weighted by Gasteiger charge is -2.40. The summed E-state index contributed by atoms with van der Waals surface area (Å²) in [6, 6.07) is 9.38. The Labute approximate surface area is 179 Å². The summed E-state index contributed by atoms with van der Waals surface area (Å²) >= 11 is 0. The van der Waals surface area contributed by atoms with Crippen molar-refractivity contribution in [2.45, 2.75) is 63.4 Å². The van der Waals surface area contributed by atoms with Crippen molar-refractivity contribution >= 4 is 5.91 Å². The van der Waals surface area contributed by atoms with E-state index in [1.54, 1.807) is 17.9 Å². The highest BCUT2D eigenvalue weighted by Gasteiger charge is 2.65. The molecule has 2 unspecified atom stereocenters. The van der Waals surface area contributed by atoms with Gasteiger partial charge in [-0.3, -0.25) is 4.79 Å². The van der Waals surface area contributed by atoms with Gasteiger partial charge in [-0.1, -0.05) is 49.4 Å². The third-order valence-electron chi connectivity index (χ3n) is 6.07. The van der Waals surface area contributed by atoms with Gasteiger partial charge < -0.3 is 10.0 Å². The average Bonchev–Trinajstić information content (AvgIpc) is 2.95. The lowest BCUT2D eigenvalue weighted by molar-refractivity contribution is -0.265. The summed E-state index contributed by atoms with van der Waals surface area (Å²) in [4.78, 5) is 15.1. The van der Waals surface area contributed by atoms with E-state index >= 15 is 0 Å². The Morgan fingerprint density at radius 2 is 1.97 bits per heavy atom. The second-order valence-electron chi connectivity index (χ2n) is 7.95. The van der Waals surface area contributed by atoms with E-state index in [2.05, 4.69) is 0 Å². The molecule has 7 heteroatoms. The first-order chi connectivity index (χ1) is 14.6. The maximum absolute atomic E-state index is 13.7. The number of amides is 1. The first-order valence-electron chi connectivity index (χ1n) is 10.5. The lowest BCUT2D eigenvalue weighted by Crippen LogP contribution is -2.58. The van der Waals surface area contributed by atoms with Crippen LogP contribution in [0.4, 0.5) is 17.6 Å². The van der Waals surface area contributed by atoms with Gasteiger partial charge in [0.05, 0.1) is 5.92 Å². The topological polar surface area (TPSA) is 40.5 Å². The number of alkyl halides is 4. The molecule has 0 spiro atoms. The summed E-state index contributed by atoms with van der Waals surface area (Å²) < 4.78 is 53.6. The summed E-state index contributed by atoms with van der Waals surface area (Å²) in [6.45, 7) is 4.10. The predicted molar refractivity (Wildman–Crippen MR) is 111 cm³/mol. The molecule has 3 rings (SSSR count). The molecule has 3 atom stereocenters. The standard InChI is InChI=1S/C24H27F4NO2/c1-3-19(16-10-6-5-7-11-16)22(30)29-13-9-8-12-17(20(29)4-2)14-18-15-21(25)23(18,31)24(26,27)28/h4-7,10-11,14-15,19,21,31H,3,8-9,12-13H2,1-2H3/b17-14-,20-4+/t19-,21?,23?/m0/s1. The number of likely N-dealkylation sites (tertiary alicyclic amines) is 1. The zero-order valence-corrected chi connectivity index (χ0v) is 17.6. The normalized spacial score (nSPS) is 28.2. The number of hydrogen-bond acceptors (Lipinski definition) is 2. The second-order valence-corrected chi connectivity index (χ2v) is 7.95. The minimum atomic E-state index is -5.12. The van der Waals surface area contributed by atoms with Crippen LogP contribution < -0.4 is 0 Å². The Morgan fingerprint density at radius 3 is 2.52 bits per heavy atom. The van der Waals surface area contributed by atoms with Gasteiger partial charge in [0.15, 0.2) is 6.17 Å². The Hall–Kier alpha value is -2.41. The molecule has 1 aliphatic carbocycles.